The fourth-order valence-electron chi connectivity index (χ4n) is 3.04. The molecule has 1 aromatic heterocycles. The zero-order valence-corrected chi connectivity index (χ0v) is 17.3. The lowest BCUT2D eigenvalue weighted by atomic mass is 10.1. The van der Waals surface area contributed by atoms with E-state index in [1.54, 1.807) is 21.3 Å². The van der Waals surface area contributed by atoms with Crippen LogP contribution in [0.1, 0.15) is 11.1 Å². The molecule has 0 aliphatic rings. The van der Waals surface area contributed by atoms with Crippen molar-refractivity contribution < 1.29 is 19.0 Å². The molecule has 0 saturated carbocycles. The molecule has 0 radical (unpaired) electrons. The molecule has 0 bridgehead atoms. The van der Waals surface area contributed by atoms with Crippen molar-refractivity contribution >= 4 is 27.5 Å². The summed E-state index contributed by atoms with van der Waals surface area (Å²) in [4.78, 5) is 17.7. The lowest BCUT2D eigenvalue weighted by molar-refractivity contribution is -0.117. The van der Waals surface area contributed by atoms with Gasteiger partial charge in [-0.3, -0.25) is 4.79 Å². The Morgan fingerprint density at radius 1 is 1.11 bits per heavy atom. The SMILES string of the molecule is COCCn1c(=NC(=O)Cc2ccc(OC)c(C)c2)sc2cc(OC)ccc21. The standard InChI is InChI=1S/C21H24N2O4S/c1-14-11-15(5-8-18(14)27-4)12-20(24)22-21-23(9-10-25-2)17-7-6-16(26-3)13-19(17)28-21/h5-8,11,13H,9-10,12H2,1-4H3. The summed E-state index contributed by atoms with van der Waals surface area (Å²) in [6.45, 7) is 3.12. The van der Waals surface area contributed by atoms with Crippen LogP contribution in [0.25, 0.3) is 10.2 Å². The van der Waals surface area contributed by atoms with Crippen LogP contribution in [0.4, 0.5) is 0 Å². The molecule has 7 heteroatoms. The molecule has 6 nitrogen and oxygen atoms in total. The molecule has 0 aliphatic heterocycles. The van der Waals surface area contributed by atoms with E-state index in [1.165, 1.54) is 11.3 Å². The Bertz CT molecular complexity index is 1050. The van der Waals surface area contributed by atoms with Gasteiger partial charge in [-0.15, -0.1) is 0 Å². The maximum absolute atomic E-state index is 12.6. The first kappa shape index (κ1) is 20.1. The van der Waals surface area contributed by atoms with Crippen LogP contribution in [0.15, 0.2) is 41.4 Å². The molecule has 0 unspecified atom stereocenters. The Hall–Kier alpha value is -2.64. The van der Waals surface area contributed by atoms with Crippen LogP contribution in [0.5, 0.6) is 11.5 Å². The van der Waals surface area contributed by atoms with Crippen molar-refractivity contribution in [1.29, 1.82) is 0 Å². The molecular weight excluding hydrogens is 376 g/mol. The summed E-state index contributed by atoms with van der Waals surface area (Å²) < 4.78 is 18.8. The van der Waals surface area contributed by atoms with Crippen LogP contribution in [0.2, 0.25) is 0 Å². The van der Waals surface area contributed by atoms with Crippen LogP contribution >= 0.6 is 11.3 Å². The minimum Gasteiger partial charge on any atom is -0.497 e. The molecule has 1 amide bonds. The molecule has 0 fully saturated rings. The average Bonchev–Trinajstić information content (AvgIpc) is 3.02. The highest BCUT2D eigenvalue weighted by Crippen LogP contribution is 2.23. The smallest absolute Gasteiger partial charge is 0.252 e. The van der Waals surface area contributed by atoms with Gasteiger partial charge in [0.25, 0.3) is 5.91 Å². The van der Waals surface area contributed by atoms with Gasteiger partial charge in [0.1, 0.15) is 11.5 Å². The molecule has 28 heavy (non-hydrogen) atoms. The monoisotopic (exact) mass is 400 g/mol. The van der Waals surface area contributed by atoms with E-state index in [2.05, 4.69) is 4.99 Å². The number of fused-ring (bicyclic) bond motifs is 1. The van der Waals surface area contributed by atoms with E-state index in [9.17, 15) is 4.79 Å². The van der Waals surface area contributed by atoms with E-state index < -0.39 is 0 Å². The number of ether oxygens (including phenoxy) is 3. The molecule has 2 aromatic carbocycles. The lowest BCUT2D eigenvalue weighted by Crippen LogP contribution is -2.19. The summed E-state index contributed by atoms with van der Waals surface area (Å²) >= 11 is 1.47. The predicted molar refractivity (Wildman–Crippen MR) is 110 cm³/mol. The third kappa shape index (κ3) is 4.43. The number of carbonyl (C=O) groups is 1. The molecule has 0 N–H and O–H groups in total. The van der Waals surface area contributed by atoms with Crippen LogP contribution < -0.4 is 14.3 Å². The zero-order valence-electron chi connectivity index (χ0n) is 16.5. The number of nitrogens with zero attached hydrogens (tertiary/aromatic N) is 2. The third-order valence-corrected chi connectivity index (χ3v) is 5.49. The topological polar surface area (TPSA) is 62.1 Å². The van der Waals surface area contributed by atoms with Crippen LogP contribution in [0.3, 0.4) is 0 Å². The van der Waals surface area contributed by atoms with E-state index in [1.807, 2.05) is 47.9 Å². The Morgan fingerprint density at radius 3 is 2.61 bits per heavy atom. The number of hydrogen-bond acceptors (Lipinski definition) is 5. The van der Waals surface area contributed by atoms with E-state index in [0.29, 0.717) is 18.0 Å². The second kappa shape index (κ2) is 9.03. The molecule has 0 atom stereocenters. The summed E-state index contributed by atoms with van der Waals surface area (Å²) in [6.07, 6.45) is 0.243. The van der Waals surface area contributed by atoms with E-state index in [-0.39, 0.29) is 12.3 Å². The summed E-state index contributed by atoms with van der Waals surface area (Å²) in [7, 11) is 4.93. The number of amides is 1. The largest absolute Gasteiger partial charge is 0.497 e. The van der Waals surface area contributed by atoms with Crippen molar-refractivity contribution in [3.63, 3.8) is 0 Å². The average molecular weight is 401 g/mol. The van der Waals surface area contributed by atoms with Gasteiger partial charge in [-0.1, -0.05) is 23.5 Å². The van der Waals surface area contributed by atoms with Gasteiger partial charge in [0.15, 0.2) is 4.80 Å². The third-order valence-electron chi connectivity index (χ3n) is 4.44. The number of hydrogen-bond donors (Lipinski definition) is 0. The summed E-state index contributed by atoms with van der Waals surface area (Å²) in [5, 5.41) is 0. The van der Waals surface area contributed by atoms with Crippen LogP contribution in [-0.4, -0.2) is 38.4 Å². The summed E-state index contributed by atoms with van der Waals surface area (Å²) in [6, 6.07) is 11.6. The maximum atomic E-state index is 12.6. The minimum absolute atomic E-state index is 0.186. The highest BCUT2D eigenvalue weighted by molar-refractivity contribution is 7.16. The highest BCUT2D eigenvalue weighted by Gasteiger charge is 2.10. The molecule has 3 aromatic rings. The molecule has 0 aliphatic carbocycles. The normalized spacial score (nSPS) is 11.8. The highest BCUT2D eigenvalue weighted by atomic mass is 32.1. The van der Waals surface area contributed by atoms with Gasteiger partial charge < -0.3 is 18.8 Å². The second-order valence-electron chi connectivity index (χ2n) is 6.35. The van der Waals surface area contributed by atoms with Gasteiger partial charge >= 0.3 is 0 Å². The lowest BCUT2D eigenvalue weighted by Gasteiger charge is -2.06. The van der Waals surface area contributed by atoms with Gasteiger partial charge in [0.05, 0.1) is 37.5 Å². The zero-order chi connectivity index (χ0) is 20.1. The van der Waals surface area contributed by atoms with Crippen molar-refractivity contribution in [2.24, 2.45) is 4.99 Å². The Kier molecular flexibility index (Phi) is 6.49. The van der Waals surface area contributed by atoms with Crippen LogP contribution in [0, 0.1) is 6.92 Å². The Labute approximate surface area is 168 Å². The van der Waals surface area contributed by atoms with E-state index >= 15 is 0 Å². The number of aromatic nitrogens is 1. The first-order chi connectivity index (χ1) is 13.5. The van der Waals surface area contributed by atoms with Gasteiger partial charge in [0, 0.05) is 13.7 Å². The predicted octanol–water partition coefficient (Wildman–Crippen LogP) is 3.34. The Morgan fingerprint density at radius 2 is 1.93 bits per heavy atom. The molecule has 148 valence electrons. The fraction of sp³-hybridized carbons (Fsp3) is 0.333. The fourth-order valence-corrected chi connectivity index (χ4v) is 4.14. The summed E-state index contributed by atoms with van der Waals surface area (Å²) in [5.41, 5.74) is 2.92. The van der Waals surface area contributed by atoms with Crippen molar-refractivity contribution in [2.45, 2.75) is 19.9 Å². The number of aryl methyl sites for hydroxylation is 1. The molecule has 1 heterocycles. The summed E-state index contributed by atoms with van der Waals surface area (Å²) in [5.74, 6) is 1.40. The van der Waals surface area contributed by atoms with Gasteiger partial charge in [-0.25, -0.2) is 0 Å². The molecule has 0 saturated heterocycles. The van der Waals surface area contributed by atoms with E-state index in [4.69, 9.17) is 14.2 Å². The van der Waals surface area contributed by atoms with Gasteiger partial charge in [0.2, 0.25) is 0 Å². The Balaban J connectivity index is 1.94. The number of carbonyl (C=O) groups excluding carboxylic acids is 1. The second-order valence-corrected chi connectivity index (χ2v) is 7.36. The molecule has 3 rings (SSSR count). The number of rotatable bonds is 7. The van der Waals surface area contributed by atoms with Crippen LogP contribution in [-0.2, 0) is 22.5 Å². The van der Waals surface area contributed by atoms with E-state index in [0.717, 1.165) is 32.8 Å². The maximum Gasteiger partial charge on any atom is 0.252 e. The van der Waals surface area contributed by atoms with Gasteiger partial charge in [-0.05, 0) is 42.3 Å². The minimum atomic E-state index is -0.186. The molecule has 0 spiro atoms. The first-order valence-corrected chi connectivity index (χ1v) is 9.74. The number of benzene rings is 2. The quantitative estimate of drug-likeness (QED) is 0.610. The van der Waals surface area contributed by atoms with Crippen molar-refractivity contribution in [2.75, 3.05) is 27.9 Å². The van der Waals surface area contributed by atoms with Crippen molar-refractivity contribution in [1.82, 2.24) is 4.57 Å². The number of thiazole rings is 1. The van der Waals surface area contributed by atoms with Crippen molar-refractivity contribution in [3.8, 4) is 11.5 Å². The van der Waals surface area contributed by atoms with Crippen molar-refractivity contribution in [3.05, 3.63) is 52.3 Å². The first-order valence-electron chi connectivity index (χ1n) is 8.93. The molecular formula is C21H24N2O4S. The number of methoxy groups -OCH3 is 3. The van der Waals surface area contributed by atoms with Gasteiger partial charge in [-0.2, -0.15) is 4.99 Å².